The molecule has 2 aromatic heterocycles. The van der Waals surface area contributed by atoms with Crippen molar-refractivity contribution in [1.82, 2.24) is 4.98 Å². The van der Waals surface area contributed by atoms with Gasteiger partial charge in [0.25, 0.3) is 0 Å². The summed E-state index contributed by atoms with van der Waals surface area (Å²) in [7, 11) is 0. The van der Waals surface area contributed by atoms with Crippen molar-refractivity contribution in [3.05, 3.63) is 23.2 Å². The lowest BCUT2D eigenvalue weighted by Gasteiger charge is -2.18. The van der Waals surface area contributed by atoms with Crippen molar-refractivity contribution in [2.45, 2.75) is 26.4 Å². The average molecular weight is 310 g/mol. The van der Waals surface area contributed by atoms with Gasteiger partial charge in [-0.1, -0.05) is 6.07 Å². The summed E-state index contributed by atoms with van der Waals surface area (Å²) in [5.41, 5.74) is -1.08. The van der Waals surface area contributed by atoms with Gasteiger partial charge in [0.1, 0.15) is 5.60 Å². The van der Waals surface area contributed by atoms with Gasteiger partial charge in [-0.05, 0) is 32.2 Å². The molecule has 0 atom stereocenters. The van der Waals surface area contributed by atoms with Gasteiger partial charge in [0.15, 0.2) is 0 Å². The second-order valence-electron chi connectivity index (χ2n) is 5.11. The smallest absolute Gasteiger partial charge is 0.414 e. The monoisotopic (exact) mass is 310 g/mol. The number of thiophene rings is 1. The highest BCUT2D eigenvalue weighted by atomic mass is 32.1. The SMILES string of the molecule is CC(C)(C)OC(=O)Nc1oc(-c2cccs2)nc1C(=O)O. The van der Waals surface area contributed by atoms with Crippen LogP contribution in [0.2, 0.25) is 0 Å². The molecule has 8 heteroatoms. The number of hydrogen-bond donors (Lipinski definition) is 2. The molecule has 0 aliphatic rings. The molecule has 0 aliphatic carbocycles. The van der Waals surface area contributed by atoms with E-state index >= 15 is 0 Å². The van der Waals surface area contributed by atoms with Crippen LogP contribution in [0.3, 0.4) is 0 Å². The molecule has 2 aromatic rings. The van der Waals surface area contributed by atoms with Gasteiger partial charge in [-0.2, -0.15) is 4.98 Å². The summed E-state index contributed by atoms with van der Waals surface area (Å²) < 4.78 is 10.4. The van der Waals surface area contributed by atoms with Gasteiger partial charge in [-0.25, -0.2) is 9.59 Å². The van der Waals surface area contributed by atoms with E-state index in [1.807, 2.05) is 0 Å². The molecule has 0 saturated heterocycles. The number of oxazole rings is 1. The van der Waals surface area contributed by atoms with E-state index in [9.17, 15) is 9.59 Å². The summed E-state index contributed by atoms with van der Waals surface area (Å²) in [4.78, 5) is 27.4. The van der Waals surface area contributed by atoms with Crippen LogP contribution < -0.4 is 5.32 Å². The molecule has 0 spiro atoms. The van der Waals surface area contributed by atoms with E-state index in [4.69, 9.17) is 14.3 Å². The zero-order valence-corrected chi connectivity index (χ0v) is 12.5. The first-order chi connectivity index (χ1) is 9.76. The summed E-state index contributed by atoms with van der Waals surface area (Å²) in [5, 5.41) is 13.2. The Labute approximate surface area is 124 Å². The Morgan fingerprint density at radius 3 is 2.67 bits per heavy atom. The molecule has 112 valence electrons. The highest BCUT2D eigenvalue weighted by Crippen LogP contribution is 2.29. The molecule has 0 saturated carbocycles. The number of carbonyl (C=O) groups is 2. The fourth-order valence-corrected chi connectivity index (χ4v) is 2.10. The van der Waals surface area contributed by atoms with Crippen LogP contribution in [0.15, 0.2) is 21.9 Å². The number of aromatic nitrogens is 1. The highest BCUT2D eigenvalue weighted by molar-refractivity contribution is 7.13. The van der Waals surface area contributed by atoms with Crippen LogP contribution in [0.5, 0.6) is 0 Å². The number of ether oxygens (including phenoxy) is 1. The molecule has 2 N–H and O–H groups in total. The number of amides is 1. The van der Waals surface area contributed by atoms with Crippen molar-refractivity contribution < 1.29 is 23.8 Å². The van der Waals surface area contributed by atoms with E-state index < -0.39 is 17.7 Å². The van der Waals surface area contributed by atoms with Crippen LogP contribution in [-0.2, 0) is 4.74 Å². The molecule has 0 unspecified atom stereocenters. The number of nitrogens with one attached hydrogen (secondary N) is 1. The summed E-state index contributed by atoms with van der Waals surface area (Å²) >= 11 is 1.35. The number of nitrogens with zero attached hydrogens (tertiary/aromatic N) is 1. The van der Waals surface area contributed by atoms with E-state index in [1.54, 1.807) is 38.3 Å². The van der Waals surface area contributed by atoms with Crippen LogP contribution in [0.4, 0.5) is 10.7 Å². The third-order valence-electron chi connectivity index (χ3n) is 2.18. The Morgan fingerprint density at radius 1 is 1.43 bits per heavy atom. The normalized spacial score (nSPS) is 11.2. The molecule has 0 aliphatic heterocycles. The Bertz CT molecular complexity index is 655. The second kappa shape index (κ2) is 5.57. The van der Waals surface area contributed by atoms with Gasteiger partial charge in [0, 0.05) is 0 Å². The largest absolute Gasteiger partial charge is 0.476 e. The number of carbonyl (C=O) groups excluding carboxylic acids is 1. The third-order valence-corrected chi connectivity index (χ3v) is 3.03. The number of aromatic carboxylic acids is 1. The van der Waals surface area contributed by atoms with E-state index in [-0.39, 0.29) is 17.5 Å². The van der Waals surface area contributed by atoms with Crippen LogP contribution in [0.25, 0.3) is 10.8 Å². The summed E-state index contributed by atoms with van der Waals surface area (Å²) in [6.45, 7) is 5.09. The van der Waals surface area contributed by atoms with Gasteiger partial charge in [-0.3, -0.25) is 5.32 Å². The van der Waals surface area contributed by atoms with Crippen LogP contribution in [0, 0.1) is 0 Å². The Morgan fingerprint density at radius 2 is 2.14 bits per heavy atom. The fourth-order valence-electron chi connectivity index (χ4n) is 1.45. The molecule has 0 aromatic carbocycles. The molecule has 2 rings (SSSR count). The first-order valence-corrected chi connectivity index (χ1v) is 6.92. The Kier molecular flexibility index (Phi) is 3.99. The van der Waals surface area contributed by atoms with Crippen LogP contribution >= 0.6 is 11.3 Å². The van der Waals surface area contributed by atoms with Gasteiger partial charge < -0.3 is 14.3 Å². The first kappa shape index (κ1) is 15.0. The van der Waals surface area contributed by atoms with Crippen molar-refractivity contribution in [1.29, 1.82) is 0 Å². The van der Waals surface area contributed by atoms with Gasteiger partial charge in [0.2, 0.25) is 17.5 Å². The van der Waals surface area contributed by atoms with E-state index in [1.165, 1.54) is 11.3 Å². The van der Waals surface area contributed by atoms with Crippen molar-refractivity contribution in [3.63, 3.8) is 0 Å². The molecule has 0 fully saturated rings. The number of anilines is 1. The maximum Gasteiger partial charge on any atom is 0.414 e. The lowest BCUT2D eigenvalue weighted by Crippen LogP contribution is -2.27. The fraction of sp³-hybridized carbons (Fsp3) is 0.308. The maximum atomic E-state index is 11.7. The highest BCUT2D eigenvalue weighted by Gasteiger charge is 2.24. The third kappa shape index (κ3) is 3.82. The molecular formula is C13H14N2O5S. The molecule has 2 heterocycles. The van der Waals surface area contributed by atoms with Gasteiger partial charge >= 0.3 is 12.1 Å². The van der Waals surface area contributed by atoms with Crippen molar-refractivity contribution in [2.24, 2.45) is 0 Å². The zero-order chi connectivity index (χ0) is 15.6. The summed E-state index contributed by atoms with van der Waals surface area (Å²) in [6, 6.07) is 3.52. The molecule has 7 nitrogen and oxygen atoms in total. The Balaban J connectivity index is 2.26. The van der Waals surface area contributed by atoms with Crippen molar-refractivity contribution in [3.8, 4) is 10.8 Å². The van der Waals surface area contributed by atoms with Crippen LogP contribution in [-0.4, -0.2) is 27.8 Å². The predicted molar refractivity (Wildman–Crippen MR) is 76.6 cm³/mol. The lowest BCUT2D eigenvalue weighted by molar-refractivity contribution is 0.0632. The number of carboxylic acid groups (broad SMARTS) is 1. The minimum atomic E-state index is -1.30. The minimum absolute atomic E-state index is 0.133. The minimum Gasteiger partial charge on any atom is -0.476 e. The van der Waals surface area contributed by atoms with E-state index in [0.29, 0.717) is 4.88 Å². The molecule has 0 bridgehead atoms. The lowest BCUT2D eigenvalue weighted by atomic mass is 10.2. The first-order valence-electron chi connectivity index (χ1n) is 6.04. The average Bonchev–Trinajstić information content (AvgIpc) is 2.93. The zero-order valence-electron chi connectivity index (χ0n) is 11.7. The van der Waals surface area contributed by atoms with Crippen molar-refractivity contribution in [2.75, 3.05) is 5.32 Å². The predicted octanol–water partition coefficient (Wildman–Crippen LogP) is 3.45. The summed E-state index contributed by atoms with van der Waals surface area (Å²) in [6.07, 6.45) is -0.807. The van der Waals surface area contributed by atoms with E-state index in [2.05, 4.69) is 10.3 Å². The maximum absolute atomic E-state index is 11.7. The molecular weight excluding hydrogens is 296 g/mol. The van der Waals surface area contributed by atoms with E-state index in [0.717, 1.165) is 0 Å². The summed E-state index contributed by atoms with van der Waals surface area (Å²) in [5.74, 6) is -1.42. The topological polar surface area (TPSA) is 102 Å². The molecule has 21 heavy (non-hydrogen) atoms. The number of rotatable bonds is 3. The quantitative estimate of drug-likeness (QED) is 0.900. The van der Waals surface area contributed by atoms with Gasteiger partial charge in [0.05, 0.1) is 4.88 Å². The Hall–Kier alpha value is -2.35. The standard InChI is InChI=1S/C13H14N2O5S/c1-13(2,3)20-12(18)15-10-8(11(16)17)14-9(19-10)7-5-4-6-21-7/h4-6H,1-3H3,(H,15,18)(H,16,17). The molecule has 1 amide bonds. The number of hydrogen-bond acceptors (Lipinski definition) is 6. The van der Waals surface area contributed by atoms with Gasteiger partial charge in [-0.15, -0.1) is 11.3 Å². The number of carboxylic acids is 1. The van der Waals surface area contributed by atoms with Crippen LogP contribution in [0.1, 0.15) is 31.3 Å². The molecule has 0 radical (unpaired) electrons. The second-order valence-corrected chi connectivity index (χ2v) is 6.05. The van der Waals surface area contributed by atoms with Crippen molar-refractivity contribution >= 4 is 29.3 Å².